The number of carbonyl (C=O) groups excluding carboxylic acids is 1. The predicted octanol–water partition coefficient (Wildman–Crippen LogP) is 1.81. The van der Waals surface area contributed by atoms with Crippen molar-refractivity contribution in [3.05, 3.63) is 18.2 Å². The number of nitrogens with zero attached hydrogens (tertiary/aromatic N) is 2. The van der Waals surface area contributed by atoms with Crippen molar-refractivity contribution in [2.75, 3.05) is 6.54 Å². The van der Waals surface area contributed by atoms with E-state index in [9.17, 15) is 4.79 Å². The minimum Gasteiger partial charge on any atom is -0.444 e. The maximum atomic E-state index is 11.7. The molecule has 2 N–H and O–H groups in total. The van der Waals surface area contributed by atoms with E-state index in [2.05, 4.69) is 15.6 Å². The van der Waals surface area contributed by atoms with Gasteiger partial charge in [-0.2, -0.15) is 0 Å². The lowest BCUT2D eigenvalue weighted by molar-refractivity contribution is 0.0502. The van der Waals surface area contributed by atoms with E-state index < -0.39 is 5.60 Å². The molecule has 1 unspecified atom stereocenters. The SMILES string of the molecule is CCC(CNCc1cncn1C)NC(=O)OC(C)(C)C. The van der Waals surface area contributed by atoms with Crippen molar-refractivity contribution in [3.63, 3.8) is 0 Å². The molecular formula is C14H26N4O2. The highest BCUT2D eigenvalue weighted by Crippen LogP contribution is 2.07. The Labute approximate surface area is 120 Å². The van der Waals surface area contributed by atoms with Crippen molar-refractivity contribution in [3.8, 4) is 0 Å². The lowest BCUT2D eigenvalue weighted by Crippen LogP contribution is -2.43. The summed E-state index contributed by atoms with van der Waals surface area (Å²) in [4.78, 5) is 15.8. The number of alkyl carbamates (subject to hydrolysis) is 1. The zero-order valence-corrected chi connectivity index (χ0v) is 13.1. The molecule has 1 heterocycles. The van der Waals surface area contributed by atoms with E-state index in [4.69, 9.17) is 4.74 Å². The Kier molecular flexibility index (Phi) is 6.01. The minimum atomic E-state index is -0.468. The molecule has 0 saturated heterocycles. The van der Waals surface area contributed by atoms with Crippen molar-refractivity contribution < 1.29 is 9.53 Å². The van der Waals surface area contributed by atoms with E-state index in [1.165, 1.54) is 0 Å². The highest BCUT2D eigenvalue weighted by Gasteiger charge is 2.18. The Balaban J connectivity index is 2.32. The van der Waals surface area contributed by atoms with Crippen LogP contribution in [0.2, 0.25) is 0 Å². The molecule has 1 amide bonds. The van der Waals surface area contributed by atoms with Gasteiger partial charge in [0.25, 0.3) is 0 Å². The highest BCUT2D eigenvalue weighted by atomic mass is 16.6. The van der Waals surface area contributed by atoms with Crippen LogP contribution < -0.4 is 10.6 Å². The summed E-state index contributed by atoms with van der Waals surface area (Å²) in [5.41, 5.74) is 0.641. The minimum absolute atomic E-state index is 0.0538. The van der Waals surface area contributed by atoms with Gasteiger partial charge in [-0.25, -0.2) is 9.78 Å². The molecular weight excluding hydrogens is 256 g/mol. The van der Waals surface area contributed by atoms with Crippen molar-refractivity contribution in [2.24, 2.45) is 7.05 Å². The first-order chi connectivity index (χ1) is 9.31. The van der Waals surface area contributed by atoms with Crippen LogP contribution in [-0.4, -0.2) is 33.8 Å². The largest absolute Gasteiger partial charge is 0.444 e. The number of ether oxygens (including phenoxy) is 1. The molecule has 0 aliphatic rings. The molecule has 1 rings (SSSR count). The number of carbonyl (C=O) groups is 1. The molecule has 0 spiro atoms. The number of hydrogen-bond donors (Lipinski definition) is 2. The first-order valence-corrected chi connectivity index (χ1v) is 6.97. The summed E-state index contributed by atoms with van der Waals surface area (Å²) < 4.78 is 7.22. The van der Waals surface area contributed by atoms with Gasteiger partial charge in [0, 0.05) is 32.4 Å². The monoisotopic (exact) mass is 282 g/mol. The van der Waals surface area contributed by atoms with Crippen molar-refractivity contribution in [2.45, 2.75) is 52.3 Å². The third-order valence-electron chi connectivity index (χ3n) is 2.83. The summed E-state index contributed by atoms with van der Waals surface area (Å²) in [6, 6.07) is 0.0538. The number of imidazole rings is 1. The average molecular weight is 282 g/mol. The quantitative estimate of drug-likeness (QED) is 0.835. The molecule has 0 aromatic carbocycles. The Hall–Kier alpha value is -1.56. The fraction of sp³-hybridized carbons (Fsp3) is 0.714. The summed E-state index contributed by atoms with van der Waals surface area (Å²) in [5.74, 6) is 0. The normalized spacial score (nSPS) is 13.1. The van der Waals surface area contributed by atoms with Crippen molar-refractivity contribution >= 4 is 6.09 Å². The van der Waals surface area contributed by atoms with Crippen molar-refractivity contribution in [1.29, 1.82) is 0 Å². The zero-order chi connectivity index (χ0) is 15.2. The first kappa shape index (κ1) is 16.5. The third kappa shape index (κ3) is 6.06. The maximum Gasteiger partial charge on any atom is 0.407 e. The Morgan fingerprint density at radius 2 is 2.20 bits per heavy atom. The summed E-state index contributed by atoms with van der Waals surface area (Å²) >= 11 is 0. The van der Waals surface area contributed by atoms with Gasteiger partial charge in [0.2, 0.25) is 0 Å². The molecule has 114 valence electrons. The van der Waals surface area contributed by atoms with Gasteiger partial charge in [-0.1, -0.05) is 6.92 Å². The molecule has 0 bridgehead atoms. The van der Waals surface area contributed by atoms with E-state index >= 15 is 0 Å². The fourth-order valence-corrected chi connectivity index (χ4v) is 1.70. The molecule has 6 heteroatoms. The molecule has 0 aliphatic carbocycles. The standard InChI is InChI=1S/C14H26N4O2/c1-6-11(17-13(19)20-14(2,3)4)7-15-8-12-9-16-10-18(12)5/h9-11,15H,6-8H2,1-5H3,(H,17,19). The second kappa shape index (κ2) is 7.28. The Bertz CT molecular complexity index is 423. The summed E-state index contributed by atoms with van der Waals surface area (Å²) in [5, 5.41) is 6.19. The topological polar surface area (TPSA) is 68.2 Å². The fourth-order valence-electron chi connectivity index (χ4n) is 1.70. The van der Waals surface area contributed by atoms with Gasteiger partial charge < -0.3 is 19.9 Å². The molecule has 1 aromatic heterocycles. The molecule has 20 heavy (non-hydrogen) atoms. The first-order valence-electron chi connectivity index (χ1n) is 6.97. The summed E-state index contributed by atoms with van der Waals surface area (Å²) in [6.07, 6.45) is 4.08. The number of aromatic nitrogens is 2. The summed E-state index contributed by atoms with van der Waals surface area (Å²) in [7, 11) is 1.96. The van der Waals surface area contributed by atoms with Crippen molar-refractivity contribution in [1.82, 2.24) is 20.2 Å². The van der Waals surface area contributed by atoms with Gasteiger partial charge in [0.15, 0.2) is 0 Å². The van der Waals surface area contributed by atoms with Crippen LogP contribution in [0.5, 0.6) is 0 Å². The van der Waals surface area contributed by atoms with Gasteiger partial charge >= 0.3 is 6.09 Å². The Morgan fingerprint density at radius 1 is 1.50 bits per heavy atom. The lowest BCUT2D eigenvalue weighted by Gasteiger charge is -2.23. The van der Waals surface area contributed by atoms with Gasteiger partial charge in [-0.3, -0.25) is 0 Å². The second-order valence-corrected chi connectivity index (χ2v) is 5.88. The van der Waals surface area contributed by atoms with Gasteiger partial charge in [-0.05, 0) is 27.2 Å². The van der Waals surface area contributed by atoms with E-state index in [-0.39, 0.29) is 12.1 Å². The number of amides is 1. The molecule has 1 aromatic rings. The molecule has 6 nitrogen and oxygen atoms in total. The zero-order valence-electron chi connectivity index (χ0n) is 13.1. The second-order valence-electron chi connectivity index (χ2n) is 5.88. The molecule has 0 aliphatic heterocycles. The predicted molar refractivity (Wildman–Crippen MR) is 78.4 cm³/mol. The number of nitrogens with one attached hydrogen (secondary N) is 2. The number of aryl methyl sites for hydroxylation is 1. The van der Waals surface area contributed by atoms with Crippen LogP contribution in [0, 0.1) is 0 Å². The van der Waals surface area contributed by atoms with Crippen LogP contribution in [0.15, 0.2) is 12.5 Å². The smallest absolute Gasteiger partial charge is 0.407 e. The molecule has 0 saturated carbocycles. The molecule has 1 atom stereocenters. The van der Waals surface area contributed by atoms with Gasteiger partial charge in [0.05, 0.1) is 12.0 Å². The third-order valence-corrected chi connectivity index (χ3v) is 2.83. The lowest BCUT2D eigenvalue weighted by atomic mass is 10.2. The Morgan fingerprint density at radius 3 is 2.70 bits per heavy atom. The maximum absolute atomic E-state index is 11.7. The van der Waals surface area contributed by atoms with E-state index in [1.807, 2.05) is 45.5 Å². The van der Waals surface area contributed by atoms with Crippen LogP contribution >= 0.6 is 0 Å². The number of hydrogen-bond acceptors (Lipinski definition) is 4. The van der Waals surface area contributed by atoms with Crippen LogP contribution in [0.3, 0.4) is 0 Å². The van der Waals surface area contributed by atoms with Crippen LogP contribution in [-0.2, 0) is 18.3 Å². The van der Waals surface area contributed by atoms with E-state index in [1.54, 1.807) is 6.33 Å². The highest BCUT2D eigenvalue weighted by molar-refractivity contribution is 5.68. The van der Waals surface area contributed by atoms with E-state index in [0.29, 0.717) is 6.54 Å². The van der Waals surface area contributed by atoms with Crippen LogP contribution in [0.4, 0.5) is 4.79 Å². The van der Waals surface area contributed by atoms with Gasteiger partial charge in [-0.15, -0.1) is 0 Å². The molecule has 0 radical (unpaired) electrons. The number of rotatable bonds is 6. The van der Waals surface area contributed by atoms with Crippen LogP contribution in [0.1, 0.15) is 39.8 Å². The molecule has 0 fully saturated rings. The average Bonchev–Trinajstić information content (AvgIpc) is 2.71. The van der Waals surface area contributed by atoms with Crippen LogP contribution in [0.25, 0.3) is 0 Å². The van der Waals surface area contributed by atoms with Gasteiger partial charge in [0.1, 0.15) is 5.60 Å². The summed E-state index contributed by atoms with van der Waals surface area (Å²) in [6.45, 7) is 9.02. The van der Waals surface area contributed by atoms with E-state index in [0.717, 1.165) is 18.7 Å².